The predicted molar refractivity (Wildman–Crippen MR) is 117 cm³/mol. The summed E-state index contributed by atoms with van der Waals surface area (Å²) in [5.74, 6) is 0.768. The maximum atomic E-state index is 9.56. The van der Waals surface area contributed by atoms with Crippen molar-refractivity contribution in [1.82, 2.24) is 0 Å². The fraction of sp³-hybridized carbons (Fsp3) is 0.480. The van der Waals surface area contributed by atoms with E-state index in [0.29, 0.717) is 5.92 Å². The Balaban J connectivity index is 2.16. The van der Waals surface area contributed by atoms with E-state index in [4.69, 9.17) is 4.99 Å². The third-order valence-electron chi connectivity index (χ3n) is 5.10. The van der Waals surface area contributed by atoms with Crippen molar-refractivity contribution in [2.75, 3.05) is 0 Å². The third-order valence-corrected chi connectivity index (χ3v) is 5.10. The third kappa shape index (κ3) is 7.58. The normalized spacial score (nSPS) is 12.9. The summed E-state index contributed by atoms with van der Waals surface area (Å²) in [6.45, 7) is 4.53. The molecule has 27 heavy (non-hydrogen) atoms. The number of phenolic OH excluding ortho intramolecular Hbond substituents is 1. The van der Waals surface area contributed by atoms with E-state index in [0.717, 1.165) is 5.69 Å². The summed E-state index contributed by atoms with van der Waals surface area (Å²) in [5, 5.41) is 9.56. The SMILES string of the molecule is CCCCCCCCC(CCC)C(=Nc1ccc(O)cc1)c1ccccc1. The molecule has 2 nitrogen and oxygen atoms in total. The van der Waals surface area contributed by atoms with Crippen LogP contribution in [-0.2, 0) is 0 Å². The van der Waals surface area contributed by atoms with E-state index in [1.54, 1.807) is 12.1 Å². The van der Waals surface area contributed by atoms with Crippen molar-refractivity contribution in [3.05, 3.63) is 60.2 Å². The molecule has 0 radical (unpaired) electrons. The summed E-state index contributed by atoms with van der Waals surface area (Å²) >= 11 is 0. The number of nitrogens with zero attached hydrogens (tertiary/aromatic N) is 1. The van der Waals surface area contributed by atoms with E-state index < -0.39 is 0 Å². The van der Waals surface area contributed by atoms with Gasteiger partial charge in [-0.3, -0.25) is 4.99 Å². The van der Waals surface area contributed by atoms with Crippen LogP contribution in [0.25, 0.3) is 0 Å². The zero-order valence-electron chi connectivity index (χ0n) is 17.0. The molecule has 0 spiro atoms. The fourth-order valence-corrected chi connectivity index (χ4v) is 3.60. The van der Waals surface area contributed by atoms with Gasteiger partial charge in [-0.15, -0.1) is 0 Å². The Labute approximate surface area is 165 Å². The monoisotopic (exact) mass is 365 g/mol. The van der Waals surface area contributed by atoms with Crippen LogP contribution in [0.3, 0.4) is 0 Å². The van der Waals surface area contributed by atoms with Crippen LogP contribution in [0.5, 0.6) is 5.75 Å². The first-order chi connectivity index (χ1) is 13.2. The zero-order chi connectivity index (χ0) is 19.3. The molecule has 2 aromatic carbocycles. The average Bonchev–Trinajstić information content (AvgIpc) is 2.70. The Hall–Kier alpha value is -2.09. The molecule has 0 aliphatic carbocycles. The summed E-state index contributed by atoms with van der Waals surface area (Å²) in [6.07, 6.45) is 11.5. The number of phenols is 1. The minimum absolute atomic E-state index is 0.285. The molecule has 0 aliphatic heterocycles. The van der Waals surface area contributed by atoms with Crippen molar-refractivity contribution in [3.8, 4) is 5.75 Å². The summed E-state index contributed by atoms with van der Waals surface area (Å²) < 4.78 is 0. The number of rotatable bonds is 12. The van der Waals surface area contributed by atoms with Gasteiger partial charge in [-0.2, -0.15) is 0 Å². The Morgan fingerprint density at radius 2 is 1.44 bits per heavy atom. The first-order valence-electron chi connectivity index (χ1n) is 10.7. The molecule has 2 rings (SSSR count). The highest BCUT2D eigenvalue weighted by Gasteiger charge is 2.17. The van der Waals surface area contributed by atoms with Gasteiger partial charge in [-0.1, -0.05) is 89.1 Å². The molecule has 1 N–H and O–H groups in total. The van der Waals surface area contributed by atoms with Gasteiger partial charge in [0.25, 0.3) is 0 Å². The Morgan fingerprint density at radius 1 is 0.778 bits per heavy atom. The van der Waals surface area contributed by atoms with Crippen LogP contribution >= 0.6 is 0 Å². The highest BCUT2D eigenvalue weighted by atomic mass is 16.3. The molecule has 0 saturated heterocycles. The first kappa shape index (κ1) is 21.2. The van der Waals surface area contributed by atoms with Crippen LogP contribution in [0.15, 0.2) is 59.6 Å². The van der Waals surface area contributed by atoms with Gasteiger partial charge < -0.3 is 5.11 Å². The number of benzene rings is 2. The van der Waals surface area contributed by atoms with Gasteiger partial charge >= 0.3 is 0 Å². The Morgan fingerprint density at radius 3 is 2.11 bits per heavy atom. The quantitative estimate of drug-likeness (QED) is 0.303. The van der Waals surface area contributed by atoms with Gasteiger partial charge in [0.05, 0.1) is 11.4 Å². The summed E-state index contributed by atoms with van der Waals surface area (Å²) in [6, 6.07) is 17.8. The Kier molecular flexibility index (Phi) is 9.68. The van der Waals surface area contributed by atoms with Gasteiger partial charge in [0.15, 0.2) is 0 Å². The Bertz CT molecular complexity index is 660. The fourth-order valence-electron chi connectivity index (χ4n) is 3.60. The van der Waals surface area contributed by atoms with Crippen LogP contribution in [0.1, 0.15) is 77.2 Å². The van der Waals surface area contributed by atoms with Gasteiger partial charge in [0.2, 0.25) is 0 Å². The molecule has 0 amide bonds. The number of hydrogen-bond acceptors (Lipinski definition) is 2. The van der Waals surface area contributed by atoms with E-state index in [-0.39, 0.29) is 5.75 Å². The largest absolute Gasteiger partial charge is 0.508 e. The molecule has 0 bridgehead atoms. The summed E-state index contributed by atoms with van der Waals surface area (Å²) in [5.41, 5.74) is 3.32. The maximum Gasteiger partial charge on any atom is 0.115 e. The smallest absolute Gasteiger partial charge is 0.115 e. The second kappa shape index (κ2) is 12.3. The van der Waals surface area contributed by atoms with Crippen LogP contribution in [0.4, 0.5) is 5.69 Å². The van der Waals surface area contributed by atoms with Crippen molar-refractivity contribution < 1.29 is 5.11 Å². The molecule has 2 heteroatoms. The lowest BCUT2D eigenvalue weighted by Crippen LogP contribution is -2.16. The van der Waals surface area contributed by atoms with E-state index in [2.05, 4.69) is 44.2 Å². The molecule has 1 unspecified atom stereocenters. The molecule has 0 aliphatic rings. The minimum Gasteiger partial charge on any atom is -0.508 e. The number of hydrogen-bond donors (Lipinski definition) is 1. The minimum atomic E-state index is 0.285. The van der Waals surface area contributed by atoms with Crippen molar-refractivity contribution in [1.29, 1.82) is 0 Å². The number of aliphatic imine (C=N–C) groups is 1. The highest BCUT2D eigenvalue weighted by Crippen LogP contribution is 2.26. The number of unbranched alkanes of at least 4 members (excludes halogenated alkanes) is 5. The van der Waals surface area contributed by atoms with Crippen LogP contribution < -0.4 is 0 Å². The van der Waals surface area contributed by atoms with E-state index >= 15 is 0 Å². The average molecular weight is 366 g/mol. The lowest BCUT2D eigenvalue weighted by atomic mass is 9.87. The zero-order valence-corrected chi connectivity index (χ0v) is 17.0. The first-order valence-corrected chi connectivity index (χ1v) is 10.7. The lowest BCUT2D eigenvalue weighted by molar-refractivity contribution is 0.475. The molecule has 0 aromatic heterocycles. The molecule has 2 aromatic rings. The van der Waals surface area contributed by atoms with Gasteiger partial charge in [0.1, 0.15) is 5.75 Å². The molecule has 0 fully saturated rings. The lowest BCUT2D eigenvalue weighted by Gasteiger charge is -2.20. The topological polar surface area (TPSA) is 32.6 Å². The van der Waals surface area contributed by atoms with Crippen LogP contribution in [0, 0.1) is 5.92 Å². The van der Waals surface area contributed by atoms with E-state index in [1.807, 2.05) is 12.1 Å². The summed E-state index contributed by atoms with van der Waals surface area (Å²) in [4.78, 5) is 5.02. The molecular formula is C25H35NO. The maximum absolute atomic E-state index is 9.56. The molecule has 146 valence electrons. The van der Waals surface area contributed by atoms with Crippen molar-refractivity contribution >= 4 is 11.4 Å². The van der Waals surface area contributed by atoms with Gasteiger partial charge in [-0.05, 0) is 42.7 Å². The van der Waals surface area contributed by atoms with E-state index in [1.165, 1.54) is 69.1 Å². The van der Waals surface area contributed by atoms with Gasteiger partial charge in [0, 0.05) is 5.92 Å². The van der Waals surface area contributed by atoms with E-state index in [9.17, 15) is 5.11 Å². The summed E-state index contributed by atoms with van der Waals surface area (Å²) in [7, 11) is 0. The van der Waals surface area contributed by atoms with Gasteiger partial charge in [-0.25, -0.2) is 0 Å². The van der Waals surface area contributed by atoms with Crippen molar-refractivity contribution in [2.24, 2.45) is 10.9 Å². The molecule has 0 heterocycles. The highest BCUT2D eigenvalue weighted by molar-refractivity contribution is 6.03. The second-order valence-electron chi connectivity index (χ2n) is 7.42. The standard InChI is InChI=1S/C25H35NO/c1-3-5-6-7-8-10-14-21(13-4-2)25(22-15-11-9-12-16-22)26-23-17-19-24(27)20-18-23/h9,11-12,15-21,27H,3-8,10,13-14H2,1-2H3. The van der Waals surface area contributed by atoms with Crippen LogP contribution in [-0.4, -0.2) is 10.8 Å². The molecule has 0 saturated carbocycles. The van der Waals surface area contributed by atoms with Crippen LogP contribution in [0.2, 0.25) is 0 Å². The molecule has 1 atom stereocenters. The molecular weight excluding hydrogens is 330 g/mol. The predicted octanol–water partition coefficient (Wildman–Crippen LogP) is 7.68. The van der Waals surface area contributed by atoms with Crippen molar-refractivity contribution in [3.63, 3.8) is 0 Å². The number of aromatic hydroxyl groups is 1. The van der Waals surface area contributed by atoms with Crippen molar-refractivity contribution in [2.45, 2.75) is 71.6 Å². The second-order valence-corrected chi connectivity index (χ2v) is 7.42.